The molecular formula is C17H22N4O2. The first-order valence-electron chi connectivity index (χ1n) is 8.19. The maximum Gasteiger partial charge on any atom is 0.252 e. The predicted octanol–water partition coefficient (Wildman–Crippen LogP) is 2.13. The lowest BCUT2D eigenvalue weighted by atomic mass is 9.80. The van der Waals surface area contributed by atoms with E-state index in [0.29, 0.717) is 24.9 Å². The van der Waals surface area contributed by atoms with E-state index in [1.165, 1.54) is 0 Å². The van der Waals surface area contributed by atoms with Crippen molar-refractivity contribution in [3.8, 4) is 0 Å². The highest BCUT2D eigenvalue weighted by atomic mass is 16.2. The summed E-state index contributed by atoms with van der Waals surface area (Å²) in [5.41, 5.74) is 0.566. The quantitative estimate of drug-likeness (QED) is 0.808. The van der Waals surface area contributed by atoms with Gasteiger partial charge in [0.25, 0.3) is 5.91 Å². The number of hydrogen-bond donors (Lipinski definition) is 3. The largest absolute Gasteiger partial charge is 0.354 e. The van der Waals surface area contributed by atoms with Crippen LogP contribution in [-0.4, -0.2) is 34.1 Å². The highest BCUT2D eigenvalue weighted by Gasteiger charge is 2.40. The molecule has 0 saturated heterocycles. The molecular weight excluding hydrogens is 292 g/mol. The minimum Gasteiger partial charge on any atom is -0.354 e. The standard InChI is InChI=1S/C17H22N4O2/c1-2-18-16(23)17(9-4-3-5-10-17)20-15(22)12-7-6-8-14-13(12)11-19-21-14/h6-8,11H,2-5,9-10H2,1H3,(H,18,23)(H,19,21)(H,20,22). The number of aromatic nitrogens is 2. The van der Waals surface area contributed by atoms with E-state index >= 15 is 0 Å². The van der Waals surface area contributed by atoms with Gasteiger partial charge in [-0.2, -0.15) is 5.10 Å². The molecule has 0 aliphatic heterocycles. The van der Waals surface area contributed by atoms with Crippen molar-refractivity contribution in [2.75, 3.05) is 6.54 Å². The van der Waals surface area contributed by atoms with Crippen LogP contribution < -0.4 is 10.6 Å². The van der Waals surface area contributed by atoms with Gasteiger partial charge >= 0.3 is 0 Å². The minimum absolute atomic E-state index is 0.0765. The first-order chi connectivity index (χ1) is 11.2. The van der Waals surface area contributed by atoms with Crippen LogP contribution in [0.3, 0.4) is 0 Å². The lowest BCUT2D eigenvalue weighted by Crippen LogP contribution is -2.59. The van der Waals surface area contributed by atoms with Crippen molar-refractivity contribution in [3.05, 3.63) is 30.0 Å². The SMILES string of the molecule is CCNC(=O)C1(NC(=O)c2cccc3[nH]ncc23)CCCCC1. The molecule has 1 fully saturated rings. The molecule has 6 nitrogen and oxygen atoms in total. The van der Waals surface area contributed by atoms with E-state index in [-0.39, 0.29) is 11.8 Å². The number of nitrogens with one attached hydrogen (secondary N) is 3. The molecule has 1 aromatic carbocycles. The zero-order valence-electron chi connectivity index (χ0n) is 13.3. The van der Waals surface area contributed by atoms with Gasteiger partial charge in [-0.3, -0.25) is 14.7 Å². The van der Waals surface area contributed by atoms with Gasteiger partial charge in [0.05, 0.1) is 17.3 Å². The molecule has 0 spiro atoms. The van der Waals surface area contributed by atoms with Crippen LogP contribution in [0.5, 0.6) is 0 Å². The third kappa shape index (κ3) is 2.93. The number of rotatable bonds is 4. The summed E-state index contributed by atoms with van der Waals surface area (Å²) in [7, 11) is 0. The van der Waals surface area contributed by atoms with Crippen LogP contribution >= 0.6 is 0 Å². The molecule has 1 aromatic heterocycles. The second-order valence-electron chi connectivity index (χ2n) is 6.09. The van der Waals surface area contributed by atoms with Crippen molar-refractivity contribution in [2.45, 2.75) is 44.6 Å². The molecule has 1 heterocycles. The Labute approximate surface area is 135 Å². The predicted molar refractivity (Wildman–Crippen MR) is 88.1 cm³/mol. The normalized spacial score (nSPS) is 16.9. The fourth-order valence-corrected chi connectivity index (χ4v) is 3.34. The summed E-state index contributed by atoms with van der Waals surface area (Å²) in [6.07, 6.45) is 6.02. The molecule has 6 heteroatoms. The van der Waals surface area contributed by atoms with Gasteiger partial charge in [-0.25, -0.2) is 0 Å². The van der Waals surface area contributed by atoms with Gasteiger partial charge < -0.3 is 10.6 Å². The number of likely N-dealkylation sites (N-methyl/N-ethyl adjacent to an activating group) is 1. The number of benzene rings is 1. The Hall–Kier alpha value is -2.37. The Morgan fingerprint density at radius 2 is 2.04 bits per heavy atom. The Morgan fingerprint density at radius 1 is 1.26 bits per heavy atom. The summed E-state index contributed by atoms with van der Waals surface area (Å²) in [5.74, 6) is -0.294. The van der Waals surface area contributed by atoms with Crippen molar-refractivity contribution in [1.29, 1.82) is 0 Å². The second kappa shape index (κ2) is 6.40. The number of H-pyrrole nitrogens is 1. The van der Waals surface area contributed by atoms with Crippen molar-refractivity contribution in [1.82, 2.24) is 20.8 Å². The smallest absolute Gasteiger partial charge is 0.252 e. The molecule has 2 aromatic rings. The molecule has 23 heavy (non-hydrogen) atoms. The molecule has 1 aliphatic rings. The molecule has 1 saturated carbocycles. The summed E-state index contributed by atoms with van der Waals surface area (Å²) in [6.45, 7) is 2.45. The number of aromatic amines is 1. The van der Waals surface area contributed by atoms with E-state index < -0.39 is 5.54 Å². The van der Waals surface area contributed by atoms with Crippen LogP contribution in [-0.2, 0) is 4.79 Å². The van der Waals surface area contributed by atoms with E-state index in [0.717, 1.165) is 30.2 Å². The number of amides is 2. The number of nitrogens with zero attached hydrogens (tertiary/aromatic N) is 1. The highest BCUT2D eigenvalue weighted by molar-refractivity contribution is 6.08. The Morgan fingerprint density at radius 3 is 2.78 bits per heavy atom. The van der Waals surface area contributed by atoms with Gasteiger partial charge in [-0.15, -0.1) is 0 Å². The zero-order chi connectivity index (χ0) is 16.3. The zero-order valence-corrected chi connectivity index (χ0v) is 13.3. The molecule has 0 unspecified atom stereocenters. The van der Waals surface area contributed by atoms with Crippen LogP contribution in [0.25, 0.3) is 10.9 Å². The van der Waals surface area contributed by atoms with Crippen LogP contribution in [0.1, 0.15) is 49.4 Å². The monoisotopic (exact) mass is 314 g/mol. The molecule has 3 rings (SSSR count). The average Bonchev–Trinajstić information content (AvgIpc) is 3.04. The van der Waals surface area contributed by atoms with Crippen molar-refractivity contribution in [2.24, 2.45) is 0 Å². The number of carbonyl (C=O) groups is 2. The van der Waals surface area contributed by atoms with Gasteiger partial charge in [0, 0.05) is 11.9 Å². The van der Waals surface area contributed by atoms with Crippen LogP contribution in [0.2, 0.25) is 0 Å². The van der Waals surface area contributed by atoms with Crippen LogP contribution in [0.15, 0.2) is 24.4 Å². The number of hydrogen-bond acceptors (Lipinski definition) is 3. The summed E-state index contributed by atoms with van der Waals surface area (Å²) < 4.78 is 0. The fourth-order valence-electron chi connectivity index (χ4n) is 3.34. The number of fused-ring (bicyclic) bond motifs is 1. The maximum atomic E-state index is 12.8. The van der Waals surface area contributed by atoms with E-state index in [1.54, 1.807) is 12.3 Å². The first kappa shape index (κ1) is 15.5. The summed E-state index contributed by atoms with van der Waals surface area (Å²) in [5, 5.41) is 13.5. The highest BCUT2D eigenvalue weighted by Crippen LogP contribution is 2.29. The average molecular weight is 314 g/mol. The van der Waals surface area contributed by atoms with Crippen LogP contribution in [0, 0.1) is 0 Å². The topological polar surface area (TPSA) is 86.9 Å². The van der Waals surface area contributed by atoms with E-state index in [4.69, 9.17) is 0 Å². The molecule has 122 valence electrons. The molecule has 0 radical (unpaired) electrons. The summed E-state index contributed by atoms with van der Waals surface area (Å²) in [6, 6.07) is 5.45. The molecule has 0 atom stereocenters. The fraction of sp³-hybridized carbons (Fsp3) is 0.471. The van der Waals surface area contributed by atoms with Gasteiger partial charge in [0.15, 0.2) is 0 Å². The van der Waals surface area contributed by atoms with E-state index in [1.807, 2.05) is 19.1 Å². The summed E-state index contributed by atoms with van der Waals surface area (Å²) in [4.78, 5) is 25.4. The van der Waals surface area contributed by atoms with Crippen molar-refractivity contribution < 1.29 is 9.59 Å². The van der Waals surface area contributed by atoms with Crippen molar-refractivity contribution >= 4 is 22.7 Å². The third-order valence-corrected chi connectivity index (χ3v) is 4.56. The second-order valence-corrected chi connectivity index (χ2v) is 6.09. The van der Waals surface area contributed by atoms with Gasteiger partial charge in [-0.1, -0.05) is 25.3 Å². The number of carbonyl (C=O) groups excluding carboxylic acids is 2. The molecule has 1 aliphatic carbocycles. The van der Waals surface area contributed by atoms with Gasteiger partial charge in [0.2, 0.25) is 5.91 Å². The lowest BCUT2D eigenvalue weighted by Gasteiger charge is -2.36. The summed E-state index contributed by atoms with van der Waals surface area (Å²) >= 11 is 0. The molecule has 3 N–H and O–H groups in total. The molecule has 2 amide bonds. The van der Waals surface area contributed by atoms with E-state index in [2.05, 4.69) is 20.8 Å². The van der Waals surface area contributed by atoms with Crippen LogP contribution in [0.4, 0.5) is 0 Å². The third-order valence-electron chi connectivity index (χ3n) is 4.56. The van der Waals surface area contributed by atoms with E-state index in [9.17, 15) is 9.59 Å². The Bertz CT molecular complexity index is 716. The Balaban J connectivity index is 1.89. The van der Waals surface area contributed by atoms with Crippen molar-refractivity contribution in [3.63, 3.8) is 0 Å². The van der Waals surface area contributed by atoms with Gasteiger partial charge in [0.1, 0.15) is 5.54 Å². The maximum absolute atomic E-state index is 12.8. The van der Waals surface area contributed by atoms with Gasteiger partial charge in [-0.05, 0) is 31.9 Å². The minimum atomic E-state index is -0.794. The first-order valence-corrected chi connectivity index (χ1v) is 8.19. The lowest BCUT2D eigenvalue weighted by molar-refractivity contribution is -0.128. The molecule has 0 bridgehead atoms. The Kier molecular flexibility index (Phi) is 4.32.